The Morgan fingerprint density at radius 3 is 2.69 bits per heavy atom. The number of rotatable bonds is 3. The zero-order valence-corrected chi connectivity index (χ0v) is 25.9. The number of carbonyl (C=O) groups is 3. The van der Waals surface area contributed by atoms with Crippen LogP contribution in [0.1, 0.15) is 52.0 Å². The molecule has 2 saturated heterocycles. The van der Waals surface area contributed by atoms with E-state index in [4.69, 9.17) is 36.8 Å². The predicted molar refractivity (Wildman–Crippen MR) is 161 cm³/mol. The van der Waals surface area contributed by atoms with E-state index in [1.165, 1.54) is 7.05 Å². The van der Waals surface area contributed by atoms with Crippen LogP contribution in [0.2, 0.25) is 5.02 Å². The Morgan fingerprint density at radius 1 is 1.36 bits per heavy atom. The molecule has 3 aliphatic heterocycles. The largest absolute Gasteiger partial charge is 0.495 e. The molecule has 2 amide bonds. The molecular formula is C30H43ClN4O7. The lowest BCUT2D eigenvalue weighted by atomic mass is 9.86. The first kappa shape index (κ1) is 33.4. The fourth-order valence-electron chi connectivity index (χ4n) is 5.38. The van der Waals surface area contributed by atoms with Crippen molar-refractivity contribution in [2.45, 2.75) is 76.7 Å². The van der Waals surface area contributed by atoms with E-state index in [1.807, 2.05) is 25.1 Å². The highest BCUT2D eigenvalue weighted by molar-refractivity contribution is 6.35. The van der Waals surface area contributed by atoms with Crippen LogP contribution in [-0.2, 0) is 25.5 Å². The van der Waals surface area contributed by atoms with Crippen molar-refractivity contribution in [2.24, 2.45) is 11.8 Å². The van der Waals surface area contributed by atoms with E-state index >= 15 is 0 Å². The molecule has 232 valence electrons. The molecule has 0 spiro atoms. The number of ether oxygens (including phenoxy) is 3. The summed E-state index contributed by atoms with van der Waals surface area (Å²) >= 11 is 6.60. The van der Waals surface area contributed by atoms with E-state index in [1.54, 1.807) is 19.1 Å². The summed E-state index contributed by atoms with van der Waals surface area (Å²) in [7, 11) is 4.81. The summed E-state index contributed by atoms with van der Waals surface area (Å²) in [5.41, 5.74) is 2.37. The van der Waals surface area contributed by atoms with Crippen LogP contribution in [0.25, 0.3) is 0 Å². The third-order valence-corrected chi connectivity index (χ3v) is 8.16. The summed E-state index contributed by atoms with van der Waals surface area (Å²) in [6, 6.07) is 3.88. The number of carboxylic acid groups (broad SMARTS) is 1. The highest BCUT2D eigenvalue weighted by Crippen LogP contribution is 2.47. The number of amides is 2. The van der Waals surface area contributed by atoms with Crippen molar-refractivity contribution in [2.75, 3.05) is 32.6 Å². The summed E-state index contributed by atoms with van der Waals surface area (Å²) in [5, 5.41) is 12.4. The topological polar surface area (TPSA) is 147 Å². The number of carboxylic acids is 1. The molecule has 1 aromatic carbocycles. The van der Waals surface area contributed by atoms with E-state index in [0.29, 0.717) is 35.7 Å². The van der Waals surface area contributed by atoms with E-state index in [0.717, 1.165) is 29.0 Å². The van der Waals surface area contributed by atoms with Crippen LogP contribution in [-0.4, -0.2) is 79.7 Å². The van der Waals surface area contributed by atoms with Crippen molar-refractivity contribution >= 4 is 35.3 Å². The maximum Gasteiger partial charge on any atom is 0.407 e. The molecule has 3 heterocycles. The zero-order valence-electron chi connectivity index (χ0n) is 25.2. The summed E-state index contributed by atoms with van der Waals surface area (Å²) in [5.74, 6) is 4.56. The normalized spacial score (nSPS) is 30.0. The Hall–Kier alpha value is -3.12. The summed E-state index contributed by atoms with van der Waals surface area (Å²) in [6.45, 7) is 6.04. The number of epoxide rings is 1. The van der Waals surface area contributed by atoms with Crippen molar-refractivity contribution in [3.63, 3.8) is 0 Å². The SMILES string of the molecule is CN(N)CC(=O)O.COc1cc2cc(c1Cl)N(C)C(=O)CCC1(C)OC1[C@H](C)C1CC(C/C=C/C=C(\C)C2)NC(=O)O1. The Morgan fingerprint density at radius 2 is 2.07 bits per heavy atom. The van der Waals surface area contributed by atoms with Gasteiger partial charge in [-0.25, -0.2) is 9.80 Å². The Balaban J connectivity index is 0.000000616. The molecule has 11 nitrogen and oxygen atoms in total. The zero-order chi connectivity index (χ0) is 31.2. The second-order valence-electron chi connectivity index (χ2n) is 11.5. The number of aliphatic carboxylic acids is 1. The fourth-order valence-corrected chi connectivity index (χ4v) is 5.69. The Labute approximate surface area is 252 Å². The average molecular weight is 607 g/mol. The van der Waals surface area contributed by atoms with Crippen molar-refractivity contribution < 1.29 is 33.7 Å². The molecule has 4 bridgehead atoms. The van der Waals surface area contributed by atoms with Gasteiger partial charge in [-0.05, 0) is 50.8 Å². The van der Waals surface area contributed by atoms with Gasteiger partial charge in [-0.2, -0.15) is 0 Å². The Kier molecular flexibility index (Phi) is 11.4. The van der Waals surface area contributed by atoms with E-state index < -0.39 is 11.6 Å². The van der Waals surface area contributed by atoms with Gasteiger partial charge in [0, 0.05) is 38.9 Å². The summed E-state index contributed by atoms with van der Waals surface area (Å²) in [6.07, 6.45) is 8.53. The van der Waals surface area contributed by atoms with Crippen LogP contribution in [0.4, 0.5) is 10.5 Å². The smallest absolute Gasteiger partial charge is 0.407 e. The number of nitrogens with zero attached hydrogens (tertiary/aromatic N) is 2. The van der Waals surface area contributed by atoms with Crippen molar-refractivity contribution in [3.8, 4) is 5.75 Å². The maximum atomic E-state index is 13.2. The minimum atomic E-state index is -0.912. The second-order valence-corrected chi connectivity index (χ2v) is 11.9. The van der Waals surface area contributed by atoms with E-state index in [2.05, 4.69) is 31.3 Å². The number of halogens is 1. The van der Waals surface area contributed by atoms with Gasteiger partial charge in [-0.3, -0.25) is 15.4 Å². The minimum absolute atomic E-state index is 0.0130. The number of hydrogen-bond donors (Lipinski definition) is 3. The monoisotopic (exact) mass is 606 g/mol. The summed E-state index contributed by atoms with van der Waals surface area (Å²) in [4.78, 5) is 36.6. The molecule has 4 rings (SSSR count). The Bertz CT molecular complexity index is 1220. The number of hydrogen-bond acceptors (Lipinski definition) is 8. The molecule has 0 saturated carbocycles. The molecule has 0 aromatic heterocycles. The van der Waals surface area contributed by atoms with E-state index in [-0.39, 0.29) is 42.7 Å². The molecular weight excluding hydrogens is 564 g/mol. The number of hydrazine groups is 1. The van der Waals surface area contributed by atoms with Gasteiger partial charge in [0.15, 0.2) is 0 Å². The number of allylic oxidation sites excluding steroid dienone is 3. The molecule has 3 aliphatic rings. The van der Waals surface area contributed by atoms with Gasteiger partial charge >= 0.3 is 12.1 Å². The fraction of sp³-hybridized carbons (Fsp3) is 0.567. The first-order valence-electron chi connectivity index (χ1n) is 14.0. The maximum absolute atomic E-state index is 13.2. The quantitative estimate of drug-likeness (QED) is 0.263. The lowest BCUT2D eigenvalue weighted by Crippen LogP contribution is -2.48. The van der Waals surface area contributed by atoms with Crippen LogP contribution < -0.4 is 20.8 Å². The number of nitrogens with two attached hydrogens (primary N) is 1. The van der Waals surface area contributed by atoms with Gasteiger partial charge < -0.3 is 29.5 Å². The molecule has 0 aliphatic carbocycles. The number of alkyl carbamates (subject to hydrolysis) is 1. The van der Waals surface area contributed by atoms with Crippen LogP contribution in [0.15, 0.2) is 35.9 Å². The van der Waals surface area contributed by atoms with E-state index in [9.17, 15) is 14.4 Å². The molecule has 4 N–H and O–H groups in total. The molecule has 12 heteroatoms. The van der Waals surface area contributed by atoms with Crippen LogP contribution in [0.3, 0.4) is 0 Å². The standard InChI is InChI=1S/C27H35ClN2O5.C3H8N2O2/c1-16-8-6-7-9-19-15-21(34-26(32)29-19)17(2)25-27(3,35-25)11-10-23(31)30(4)20-13-18(12-16)14-22(33-5)24(20)28;1-5(4)2-3(6)7/h6-8,13-14,17,19,21,25H,9-12,15H2,1-5H3,(H,29,32);2,4H2,1H3,(H,6,7)/b7-6+,16-8+;/t17-,19?,21?,25?,27?;/m1./s1. The number of methoxy groups -OCH3 is 1. The molecule has 42 heavy (non-hydrogen) atoms. The third kappa shape index (κ3) is 8.94. The highest BCUT2D eigenvalue weighted by Gasteiger charge is 2.57. The number of carbonyl (C=O) groups excluding carboxylic acids is 2. The van der Waals surface area contributed by atoms with Gasteiger partial charge in [-0.1, -0.05) is 42.3 Å². The minimum Gasteiger partial charge on any atom is -0.495 e. The first-order chi connectivity index (χ1) is 19.7. The van der Waals surface area contributed by atoms with Gasteiger partial charge in [-0.15, -0.1) is 0 Å². The van der Waals surface area contributed by atoms with Crippen molar-refractivity contribution in [1.82, 2.24) is 10.3 Å². The molecule has 4 unspecified atom stereocenters. The number of fused-ring (bicyclic) bond motifs is 5. The van der Waals surface area contributed by atoms with Crippen molar-refractivity contribution in [3.05, 3.63) is 46.5 Å². The highest BCUT2D eigenvalue weighted by atomic mass is 35.5. The molecule has 2 fully saturated rings. The lowest BCUT2D eigenvalue weighted by molar-refractivity contribution is -0.138. The third-order valence-electron chi connectivity index (χ3n) is 7.78. The number of nitrogens with one attached hydrogen (secondary N) is 1. The van der Waals surface area contributed by atoms with Gasteiger partial charge in [0.1, 0.15) is 23.4 Å². The van der Waals surface area contributed by atoms with Gasteiger partial charge in [0.2, 0.25) is 5.91 Å². The van der Waals surface area contributed by atoms with Crippen LogP contribution >= 0.6 is 11.6 Å². The number of likely N-dealkylation sites (N-methyl/N-ethyl adjacent to an activating group) is 1. The average Bonchev–Trinajstić information content (AvgIpc) is 3.59. The number of anilines is 1. The lowest BCUT2D eigenvalue weighted by Gasteiger charge is -2.33. The van der Waals surface area contributed by atoms with Gasteiger partial charge in [0.25, 0.3) is 0 Å². The molecule has 1 aromatic rings. The van der Waals surface area contributed by atoms with Crippen LogP contribution in [0, 0.1) is 5.92 Å². The second kappa shape index (κ2) is 14.4. The first-order valence-corrected chi connectivity index (χ1v) is 14.4. The number of benzene rings is 1. The van der Waals surface area contributed by atoms with Crippen molar-refractivity contribution in [1.29, 1.82) is 0 Å². The molecule has 0 radical (unpaired) electrons. The van der Waals surface area contributed by atoms with Gasteiger partial charge in [0.05, 0.1) is 24.5 Å². The predicted octanol–water partition coefficient (Wildman–Crippen LogP) is 4.08. The van der Waals surface area contributed by atoms with Crippen LogP contribution in [0.5, 0.6) is 5.75 Å². The molecule has 5 atom stereocenters. The summed E-state index contributed by atoms with van der Waals surface area (Å²) < 4.78 is 17.2.